The van der Waals surface area contributed by atoms with Gasteiger partial charge in [0.25, 0.3) is 0 Å². The largest absolute Gasteiger partial charge is 0.392 e. The highest BCUT2D eigenvalue weighted by molar-refractivity contribution is 5.09. The molecule has 0 aromatic carbocycles. The van der Waals surface area contributed by atoms with Gasteiger partial charge >= 0.3 is 0 Å². The van der Waals surface area contributed by atoms with E-state index in [0.29, 0.717) is 5.92 Å². The number of allylic oxidation sites excluding steroid dienone is 1. The normalized spacial score (nSPS) is 17.9. The highest BCUT2D eigenvalue weighted by atomic mass is 16.3. The van der Waals surface area contributed by atoms with E-state index >= 15 is 0 Å². The minimum absolute atomic E-state index is 0.154. The standard InChI is InChI=1S/C17H32O/c1-8-9-10-16(18)17(7,14(4)5)12-11-15(6)13(2)3/h15-16,18H,2,4,8-12H2,1,3,5-7H3. The monoisotopic (exact) mass is 252 g/mol. The number of hydrogen-bond donors (Lipinski definition) is 1. The summed E-state index contributed by atoms with van der Waals surface area (Å²) >= 11 is 0. The Morgan fingerprint density at radius 1 is 1.22 bits per heavy atom. The summed E-state index contributed by atoms with van der Waals surface area (Å²) in [6, 6.07) is 0. The molecule has 1 N–H and O–H groups in total. The van der Waals surface area contributed by atoms with E-state index in [2.05, 4.69) is 40.9 Å². The molecule has 0 amide bonds. The fourth-order valence-electron chi connectivity index (χ4n) is 2.14. The average molecular weight is 252 g/mol. The van der Waals surface area contributed by atoms with Gasteiger partial charge in [-0.05, 0) is 39.0 Å². The Balaban J connectivity index is 4.61. The molecule has 106 valence electrons. The van der Waals surface area contributed by atoms with Gasteiger partial charge in [0.15, 0.2) is 0 Å². The lowest BCUT2D eigenvalue weighted by atomic mass is 9.71. The first kappa shape index (κ1) is 17.4. The van der Waals surface area contributed by atoms with E-state index in [0.717, 1.165) is 37.7 Å². The summed E-state index contributed by atoms with van der Waals surface area (Å²) in [4.78, 5) is 0. The third-order valence-electron chi connectivity index (χ3n) is 4.48. The number of rotatable bonds is 9. The summed E-state index contributed by atoms with van der Waals surface area (Å²) in [5, 5.41) is 10.4. The van der Waals surface area contributed by atoms with Crippen LogP contribution >= 0.6 is 0 Å². The fraction of sp³-hybridized carbons (Fsp3) is 0.765. The maximum Gasteiger partial charge on any atom is 0.0630 e. The van der Waals surface area contributed by atoms with Crippen LogP contribution in [-0.2, 0) is 0 Å². The van der Waals surface area contributed by atoms with Gasteiger partial charge in [-0.15, -0.1) is 0 Å². The lowest BCUT2D eigenvalue weighted by molar-refractivity contribution is 0.0446. The molecule has 0 aromatic rings. The Morgan fingerprint density at radius 2 is 1.78 bits per heavy atom. The van der Waals surface area contributed by atoms with E-state index in [1.165, 1.54) is 5.57 Å². The van der Waals surface area contributed by atoms with Gasteiger partial charge < -0.3 is 5.11 Å². The van der Waals surface area contributed by atoms with Crippen LogP contribution in [0.15, 0.2) is 24.3 Å². The first-order valence-corrected chi connectivity index (χ1v) is 7.25. The SMILES string of the molecule is C=C(C)C(C)CCC(C)(C(=C)C)C(O)CCCC. The van der Waals surface area contributed by atoms with Gasteiger partial charge in [0.2, 0.25) is 0 Å². The number of hydrogen-bond acceptors (Lipinski definition) is 1. The molecule has 0 aliphatic rings. The molecular weight excluding hydrogens is 220 g/mol. The van der Waals surface area contributed by atoms with Crippen molar-refractivity contribution >= 4 is 0 Å². The molecule has 0 saturated carbocycles. The molecular formula is C17H32O. The molecule has 0 spiro atoms. The Morgan fingerprint density at radius 3 is 2.17 bits per heavy atom. The van der Waals surface area contributed by atoms with E-state index in [-0.39, 0.29) is 11.5 Å². The topological polar surface area (TPSA) is 20.2 Å². The summed E-state index contributed by atoms with van der Waals surface area (Å²) in [6.45, 7) is 18.8. The third-order valence-corrected chi connectivity index (χ3v) is 4.48. The van der Waals surface area contributed by atoms with Crippen molar-refractivity contribution in [3.8, 4) is 0 Å². The molecule has 0 heterocycles. The molecule has 0 aliphatic heterocycles. The summed E-state index contributed by atoms with van der Waals surface area (Å²) in [7, 11) is 0. The lowest BCUT2D eigenvalue weighted by Gasteiger charge is -2.36. The summed E-state index contributed by atoms with van der Waals surface area (Å²) in [6.07, 6.45) is 4.88. The van der Waals surface area contributed by atoms with Crippen molar-refractivity contribution in [3.05, 3.63) is 24.3 Å². The summed E-state index contributed by atoms with van der Waals surface area (Å²) < 4.78 is 0. The second-order valence-electron chi connectivity index (χ2n) is 6.14. The average Bonchev–Trinajstić information content (AvgIpc) is 2.31. The highest BCUT2D eigenvalue weighted by Gasteiger charge is 2.33. The first-order chi connectivity index (χ1) is 8.25. The first-order valence-electron chi connectivity index (χ1n) is 7.25. The molecule has 0 aliphatic carbocycles. The van der Waals surface area contributed by atoms with Crippen LogP contribution in [0.1, 0.15) is 66.7 Å². The predicted molar refractivity (Wildman–Crippen MR) is 81.7 cm³/mol. The second-order valence-corrected chi connectivity index (χ2v) is 6.14. The van der Waals surface area contributed by atoms with E-state index in [9.17, 15) is 5.11 Å². The zero-order chi connectivity index (χ0) is 14.3. The fourth-order valence-corrected chi connectivity index (χ4v) is 2.14. The predicted octanol–water partition coefficient (Wildman–Crippen LogP) is 5.11. The van der Waals surface area contributed by atoms with Crippen LogP contribution in [0.25, 0.3) is 0 Å². The zero-order valence-electron chi connectivity index (χ0n) is 13.1. The van der Waals surface area contributed by atoms with Gasteiger partial charge in [0, 0.05) is 5.41 Å². The van der Waals surface area contributed by atoms with Crippen molar-refractivity contribution < 1.29 is 5.11 Å². The Kier molecular flexibility index (Phi) is 7.54. The van der Waals surface area contributed by atoms with E-state index < -0.39 is 0 Å². The Hall–Kier alpha value is -0.560. The van der Waals surface area contributed by atoms with E-state index in [1.807, 2.05) is 6.92 Å². The molecule has 3 unspecified atom stereocenters. The summed E-state index contributed by atoms with van der Waals surface area (Å²) in [5.74, 6) is 0.516. The van der Waals surface area contributed by atoms with E-state index in [1.54, 1.807) is 0 Å². The van der Waals surface area contributed by atoms with Crippen molar-refractivity contribution in [3.63, 3.8) is 0 Å². The van der Waals surface area contributed by atoms with E-state index in [4.69, 9.17) is 0 Å². The maximum absolute atomic E-state index is 10.4. The van der Waals surface area contributed by atoms with Crippen LogP contribution in [0.4, 0.5) is 0 Å². The van der Waals surface area contributed by atoms with Crippen LogP contribution < -0.4 is 0 Å². The van der Waals surface area contributed by atoms with Crippen LogP contribution in [0.5, 0.6) is 0 Å². The van der Waals surface area contributed by atoms with Crippen LogP contribution in [-0.4, -0.2) is 11.2 Å². The minimum atomic E-state index is -0.271. The number of unbranched alkanes of at least 4 members (excludes halogenated alkanes) is 1. The number of aliphatic hydroxyl groups excluding tert-OH is 1. The van der Waals surface area contributed by atoms with Crippen LogP contribution in [0.3, 0.4) is 0 Å². The van der Waals surface area contributed by atoms with Gasteiger partial charge in [-0.2, -0.15) is 0 Å². The van der Waals surface area contributed by atoms with Gasteiger partial charge in [-0.25, -0.2) is 0 Å². The molecule has 1 heteroatoms. The third kappa shape index (κ3) is 4.97. The maximum atomic E-state index is 10.4. The molecule has 0 bridgehead atoms. The van der Waals surface area contributed by atoms with Crippen molar-refractivity contribution in [2.24, 2.45) is 11.3 Å². The number of aliphatic hydroxyl groups is 1. The van der Waals surface area contributed by atoms with Gasteiger partial charge in [0.05, 0.1) is 6.10 Å². The van der Waals surface area contributed by atoms with Crippen LogP contribution in [0, 0.1) is 11.3 Å². The second kappa shape index (κ2) is 7.78. The molecule has 3 atom stereocenters. The Labute approximate surface area is 114 Å². The lowest BCUT2D eigenvalue weighted by Crippen LogP contribution is -2.33. The molecule has 1 nitrogen and oxygen atoms in total. The molecule has 0 aromatic heterocycles. The molecule has 0 fully saturated rings. The van der Waals surface area contributed by atoms with Crippen molar-refractivity contribution in [1.29, 1.82) is 0 Å². The molecule has 0 saturated heterocycles. The molecule has 0 radical (unpaired) electrons. The Bertz CT molecular complexity index is 279. The molecule has 0 rings (SSSR count). The summed E-state index contributed by atoms with van der Waals surface area (Å²) in [5.41, 5.74) is 2.17. The smallest absolute Gasteiger partial charge is 0.0630 e. The minimum Gasteiger partial charge on any atom is -0.392 e. The van der Waals surface area contributed by atoms with Crippen LogP contribution in [0.2, 0.25) is 0 Å². The van der Waals surface area contributed by atoms with Crippen molar-refractivity contribution in [2.75, 3.05) is 0 Å². The highest BCUT2D eigenvalue weighted by Crippen LogP contribution is 2.38. The van der Waals surface area contributed by atoms with Crippen molar-refractivity contribution in [2.45, 2.75) is 72.8 Å². The quantitative estimate of drug-likeness (QED) is 0.565. The zero-order valence-corrected chi connectivity index (χ0v) is 13.1. The molecule has 18 heavy (non-hydrogen) atoms. The van der Waals surface area contributed by atoms with Gasteiger partial charge in [-0.1, -0.05) is 57.9 Å². The van der Waals surface area contributed by atoms with Crippen molar-refractivity contribution in [1.82, 2.24) is 0 Å². The van der Waals surface area contributed by atoms with Gasteiger partial charge in [0.1, 0.15) is 0 Å². The van der Waals surface area contributed by atoms with Gasteiger partial charge in [-0.3, -0.25) is 0 Å².